The minimum Gasteiger partial charge on any atom is -0.365 e. The number of halogens is 1. The van der Waals surface area contributed by atoms with E-state index in [2.05, 4.69) is 16.4 Å². The maximum absolute atomic E-state index is 14.2. The Hall–Kier alpha value is -2.95. The lowest BCUT2D eigenvalue weighted by atomic mass is 10.1. The molecule has 1 unspecified atom stereocenters. The quantitative estimate of drug-likeness (QED) is 0.777. The van der Waals surface area contributed by atoms with Crippen LogP contribution in [0.4, 0.5) is 10.2 Å². The summed E-state index contributed by atoms with van der Waals surface area (Å²) in [6, 6.07) is 14.9. The van der Waals surface area contributed by atoms with Gasteiger partial charge in [0.1, 0.15) is 11.6 Å². The minimum absolute atomic E-state index is 0.223. The number of benzene rings is 2. The smallest absolute Gasteiger partial charge is 0.252 e. The molecule has 0 bridgehead atoms. The van der Waals surface area contributed by atoms with Gasteiger partial charge in [0.15, 0.2) is 0 Å². The van der Waals surface area contributed by atoms with Crippen LogP contribution in [0.25, 0.3) is 10.9 Å². The van der Waals surface area contributed by atoms with Gasteiger partial charge in [-0.05, 0) is 48.7 Å². The van der Waals surface area contributed by atoms with E-state index in [-0.39, 0.29) is 11.9 Å². The van der Waals surface area contributed by atoms with E-state index >= 15 is 0 Å². The molecule has 3 N–H and O–H groups in total. The van der Waals surface area contributed by atoms with E-state index in [0.29, 0.717) is 16.9 Å². The van der Waals surface area contributed by atoms with Crippen molar-refractivity contribution >= 4 is 22.6 Å². The Morgan fingerprint density at radius 2 is 2.25 bits per heavy atom. The van der Waals surface area contributed by atoms with Crippen LogP contribution in [-0.4, -0.2) is 10.9 Å². The fraction of sp³-hybridized carbons (Fsp3) is 0.158. The molecule has 3 aromatic rings. The lowest BCUT2D eigenvalue weighted by Crippen LogP contribution is -2.18. The van der Waals surface area contributed by atoms with Gasteiger partial charge in [-0.2, -0.15) is 0 Å². The standard InChI is InChI=1S/C19H15FN3O/c20-14-6-3-5-11-8-9-16(17(11)14)23-19-13(18(21)24)10-12-4-1-2-7-15(12)22-19/h2-7,10,16H,8-9H2,(H2,21,24)(H,22,23). The first-order valence-electron chi connectivity index (χ1n) is 7.78. The monoisotopic (exact) mass is 320 g/mol. The van der Waals surface area contributed by atoms with Gasteiger partial charge in [-0.25, -0.2) is 9.37 Å². The number of nitrogens with two attached hydrogens (primary N) is 1. The Balaban J connectivity index is 1.78. The first kappa shape index (κ1) is 14.6. The molecule has 0 saturated carbocycles. The molecule has 2 aromatic carbocycles. The molecule has 5 heteroatoms. The maximum atomic E-state index is 14.2. The summed E-state index contributed by atoms with van der Waals surface area (Å²) >= 11 is 0. The number of hydrogen-bond donors (Lipinski definition) is 2. The third-order valence-corrected chi connectivity index (χ3v) is 4.43. The van der Waals surface area contributed by atoms with Crippen LogP contribution in [-0.2, 0) is 6.42 Å². The second-order valence-corrected chi connectivity index (χ2v) is 5.92. The number of carbonyl (C=O) groups is 1. The van der Waals surface area contributed by atoms with Crippen LogP contribution in [0.2, 0.25) is 0 Å². The molecule has 24 heavy (non-hydrogen) atoms. The Bertz CT molecular complexity index is 954. The fourth-order valence-corrected chi connectivity index (χ4v) is 3.30. The summed E-state index contributed by atoms with van der Waals surface area (Å²) < 4.78 is 14.2. The molecule has 1 aliphatic rings. The van der Waals surface area contributed by atoms with Gasteiger partial charge >= 0.3 is 0 Å². The van der Waals surface area contributed by atoms with Crippen LogP contribution < -0.4 is 11.1 Å². The third kappa shape index (κ3) is 2.38. The van der Waals surface area contributed by atoms with Crippen molar-refractivity contribution in [3.05, 3.63) is 71.0 Å². The van der Waals surface area contributed by atoms with E-state index in [1.54, 1.807) is 24.3 Å². The van der Waals surface area contributed by atoms with Crippen LogP contribution in [0.15, 0.2) is 42.5 Å². The number of rotatable bonds is 3. The summed E-state index contributed by atoms with van der Waals surface area (Å²) in [6.07, 6.45) is 1.54. The number of pyridine rings is 1. The SMILES string of the molecule is NC(=O)c1cc2c[c]ccc2nc1NC1CCc2cccc(F)c21. The van der Waals surface area contributed by atoms with E-state index in [9.17, 15) is 9.18 Å². The minimum atomic E-state index is -0.567. The van der Waals surface area contributed by atoms with Gasteiger partial charge in [-0.1, -0.05) is 18.2 Å². The highest BCUT2D eigenvalue weighted by atomic mass is 19.1. The summed E-state index contributed by atoms with van der Waals surface area (Å²) in [5, 5.41) is 4.00. The summed E-state index contributed by atoms with van der Waals surface area (Å²) in [5.74, 6) is -0.414. The zero-order valence-corrected chi connectivity index (χ0v) is 12.8. The Morgan fingerprint density at radius 1 is 1.38 bits per heavy atom. The lowest BCUT2D eigenvalue weighted by Gasteiger charge is -2.17. The van der Waals surface area contributed by atoms with Crippen molar-refractivity contribution in [1.29, 1.82) is 0 Å². The molecule has 1 heterocycles. The fourth-order valence-electron chi connectivity index (χ4n) is 3.30. The van der Waals surface area contributed by atoms with Gasteiger partial charge in [0.05, 0.1) is 17.1 Å². The number of hydrogen-bond acceptors (Lipinski definition) is 3. The van der Waals surface area contributed by atoms with Crippen molar-refractivity contribution < 1.29 is 9.18 Å². The largest absolute Gasteiger partial charge is 0.365 e. The number of nitrogens with zero attached hydrogens (tertiary/aromatic N) is 1. The molecule has 1 atom stereocenters. The number of anilines is 1. The zero-order valence-electron chi connectivity index (χ0n) is 12.8. The van der Waals surface area contributed by atoms with Crippen molar-refractivity contribution in [3.63, 3.8) is 0 Å². The first-order valence-corrected chi connectivity index (χ1v) is 7.78. The number of aromatic nitrogens is 1. The second-order valence-electron chi connectivity index (χ2n) is 5.92. The summed E-state index contributed by atoms with van der Waals surface area (Å²) in [4.78, 5) is 16.3. The molecule has 1 radical (unpaired) electrons. The number of amides is 1. The normalized spacial score (nSPS) is 16.1. The van der Waals surface area contributed by atoms with Gasteiger partial charge in [0.2, 0.25) is 0 Å². The van der Waals surface area contributed by atoms with Crippen molar-refractivity contribution in [1.82, 2.24) is 4.98 Å². The molecule has 4 nitrogen and oxygen atoms in total. The predicted molar refractivity (Wildman–Crippen MR) is 90.2 cm³/mol. The molecule has 4 rings (SSSR count). The van der Waals surface area contributed by atoms with Crippen LogP contribution in [0.1, 0.15) is 33.9 Å². The lowest BCUT2D eigenvalue weighted by molar-refractivity contribution is 0.100. The van der Waals surface area contributed by atoms with Crippen molar-refractivity contribution in [2.75, 3.05) is 5.32 Å². The molecular weight excluding hydrogens is 305 g/mol. The van der Waals surface area contributed by atoms with Gasteiger partial charge in [0, 0.05) is 10.9 Å². The topological polar surface area (TPSA) is 68.0 Å². The first-order chi connectivity index (χ1) is 11.6. The highest BCUT2D eigenvalue weighted by Crippen LogP contribution is 2.36. The number of nitrogens with one attached hydrogen (secondary N) is 1. The van der Waals surface area contributed by atoms with Gasteiger partial charge < -0.3 is 11.1 Å². The van der Waals surface area contributed by atoms with E-state index in [4.69, 9.17) is 5.73 Å². The van der Waals surface area contributed by atoms with Crippen molar-refractivity contribution in [2.45, 2.75) is 18.9 Å². The summed E-state index contributed by atoms with van der Waals surface area (Å²) in [6.45, 7) is 0. The average Bonchev–Trinajstić information content (AvgIpc) is 2.98. The van der Waals surface area contributed by atoms with Gasteiger partial charge in [-0.3, -0.25) is 4.79 Å². The number of primary amides is 1. The molecule has 119 valence electrons. The predicted octanol–water partition coefficient (Wildman–Crippen LogP) is 3.37. The molecule has 0 spiro atoms. The Kier molecular flexibility index (Phi) is 3.41. The highest BCUT2D eigenvalue weighted by Gasteiger charge is 2.27. The van der Waals surface area contributed by atoms with Gasteiger partial charge in [-0.15, -0.1) is 0 Å². The Labute approximate surface area is 138 Å². The molecule has 0 aliphatic heterocycles. The third-order valence-electron chi connectivity index (χ3n) is 4.43. The van der Waals surface area contributed by atoms with Gasteiger partial charge in [0.25, 0.3) is 5.91 Å². The summed E-state index contributed by atoms with van der Waals surface area (Å²) in [7, 11) is 0. The molecular formula is C19H15FN3O. The molecule has 1 amide bonds. The summed E-state index contributed by atoms with van der Waals surface area (Å²) in [5.41, 5.74) is 8.17. The van der Waals surface area contributed by atoms with E-state index in [1.807, 2.05) is 12.1 Å². The van der Waals surface area contributed by atoms with Crippen LogP contribution in [0.3, 0.4) is 0 Å². The maximum Gasteiger partial charge on any atom is 0.252 e. The second kappa shape index (κ2) is 5.60. The number of aryl methyl sites for hydroxylation is 1. The van der Waals surface area contributed by atoms with Crippen molar-refractivity contribution in [2.24, 2.45) is 5.73 Å². The molecule has 0 saturated heterocycles. The number of carbonyl (C=O) groups excluding carboxylic acids is 1. The van der Waals surface area contributed by atoms with Crippen LogP contribution in [0, 0.1) is 11.9 Å². The van der Waals surface area contributed by atoms with Crippen LogP contribution >= 0.6 is 0 Å². The molecule has 0 fully saturated rings. The Morgan fingerprint density at radius 3 is 3.08 bits per heavy atom. The van der Waals surface area contributed by atoms with E-state index in [0.717, 1.165) is 29.3 Å². The average molecular weight is 320 g/mol. The molecule has 1 aromatic heterocycles. The highest BCUT2D eigenvalue weighted by molar-refractivity contribution is 6.01. The van der Waals surface area contributed by atoms with Crippen LogP contribution in [0.5, 0.6) is 0 Å². The van der Waals surface area contributed by atoms with E-state index in [1.165, 1.54) is 6.07 Å². The van der Waals surface area contributed by atoms with Crippen molar-refractivity contribution in [3.8, 4) is 0 Å². The molecule has 1 aliphatic carbocycles. The number of fused-ring (bicyclic) bond motifs is 2. The zero-order chi connectivity index (χ0) is 16.7. The van der Waals surface area contributed by atoms with E-state index < -0.39 is 5.91 Å².